The molecule has 52 heavy (non-hydrogen) atoms. The van der Waals surface area contributed by atoms with Crippen molar-refractivity contribution < 1.29 is 41.7 Å². The number of aryl methyl sites for hydroxylation is 1. The van der Waals surface area contributed by atoms with E-state index in [1.807, 2.05) is 60.7 Å². The third-order valence-corrected chi connectivity index (χ3v) is 12.8. The van der Waals surface area contributed by atoms with E-state index in [4.69, 9.17) is 4.74 Å². The van der Waals surface area contributed by atoms with Gasteiger partial charge in [0.05, 0.1) is 37.3 Å². The number of fused-ring (bicyclic) bond motifs is 1. The SMILES string of the molecule is COC(=O)NC(C(=O)NCc1ccc(C(CO)N(CC2CC(F)(F)C2)S(=O)(=O)c2ccc3c(c2)CCC3O)s1)C(c1ccccc1)c1ccccc1. The number of hydrogen-bond donors (Lipinski definition) is 4. The smallest absolute Gasteiger partial charge is 0.407 e. The number of carbonyl (C=O) groups is 2. The van der Waals surface area contributed by atoms with Gasteiger partial charge in [-0.25, -0.2) is 22.0 Å². The van der Waals surface area contributed by atoms with Crippen molar-refractivity contribution in [1.82, 2.24) is 14.9 Å². The molecule has 0 radical (unpaired) electrons. The van der Waals surface area contributed by atoms with Crippen molar-refractivity contribution in [2.75, 3.05) is 20.3 Å². The number of hydrogen-bond acceptors (Lipinski definition) is 8. The van der Waals surface area contributed by atoms with Gasteiger partial charge in [0, 0.05) is 35.1 Å². The van der Waals surface area contributed by atoms with Crippen molar-refractivity contribution in [3.63, 3.8) is 0 Å². The van der Waals surface area contributed by atoms with Crippen molar-refractivity contribution in [3.05, 3.63) is 123 Å². The Morgan fingerprint density at radius 1 is 1.00 bits per heavy atom. The van der Waals surface area contributed by atoms with Crippen molar-refractivity contribution in [2.45, 2.75) is 67.2 Å². The first kappa shape index (κ1) is 37.5. The fourth-order valence-electron chi connectivity index (χ4n) is 7.09. The number of halogens is 2. The van der Waals surface area contributed by atoms with Crippen molar-refractivity contribution in [2.24, 2.45) is 5.92 Å². The monoisotopic (exact) mass is 753 g/mol. The van der Waals surface area contributed by atoms with Crippen LogP contribution in [0.4, 0.5) is 13.6 Å². The molecule has 0 bridgehead atoms. The van der Waals surface area contributed by atoms with Gasteiger partial charge in [0.25, 0.3) is 0 Å². The molecule has 10 nitrogen and oxygen atoms in total. The van der Waals surface area contributed by atoms with Crippen LogP contribution in [0.2, 0.25) is 0 Å². The molecule has 0 saturated heterocycles. The molecule has 2 amide bonds. The molecular weight excluding hydrogens is 713 g/mol. The van der Waals surface area contributed by atoms with E-state index in [9.17, 15) is 37.0 Å². The first-order chi connectivity index (χ1) is 24.9. The second-order valence-electron chi connectivity index (χ2n) is 13.3. The number of carbonyl (C=O) groups excluding carboxylic acids is 2. The second-order valence-corrected chi connectivity index (χ2v) is 16.3. The molecule has 3 unspecified atom stereocenters. The van der Waals surface area contributed by atoms with Gasteiger partial charge in [-0.1, -0.05) is 66.7 Å². The summed E-state index contributed by atoms with van der Waals surface area (Å²) >= 11 is 1.18. The summed E-state index contributed by atoms with van der Waals surface area (Å²) in [7, 11) is -3.07. The summed E-state index contributed by atoms with van der Waals surface area (Å²) in [6.07, 6.45) is -1.39. The molecular formula is C38H41F2N3O7S2. The van der Waals surface area contributed by atoms with Gasteiger partial charge in [-0.15, -0.1) is 11.3 Å². The number of amides is 2. The lowest BCUT2D eigenvalue weighted by Crippen LogP contribution is -2.50. The number of aliphatic hydroxyl groups is 2. The van der Waals surface area contributed by atoms with Gasteiger partial charge in [-0.3, -0.25) is 4.79 Å². The van der Waals surface area contributed by atoms with Crippen molar-refractivity contribution >= 4 is 33.4 Å². The molecule has 0 spiro atoms. The third-order valence-electron chi connectivity index (χ3n) is 9.74. The number of sulfonamides is 1. The Hall–Kier alpha value is -4.21. The Bertz CT molecular complexity index is 1930. The molecule has 4 aromatic rings. The van der Waals surface area contributed by atoms with Crippen LogP contribution in [0.1, 0.15) is 69.3 Å². The molecule has 0 aliphatic heterocycles. The lowest BCUT2D eigenvalue weighted by Gasteiger charge is -2.39. The van der Waals surface area contributed by atoms with Crippen LogP contribution in [-0.2, 0) is 32.5 Å². The van der Waals surface area contributed by atoms with Crippen LogP contribution in [-0.4, -0.2) is 67.2 Å². The number of nitrogens with zero attached hydrogens (tertiary/aromatic N) is 1. The first-order valence-corrected chi connectivity index (χ1v) is 19.3. The van der Waals surface area contributed by atoms with Crippen LogP contribution in [0.15, 0.2) is 95.9 Å². The minimum absolute atomic E-state index is 0.0199. The molecule has 2 aliphatic rings. The minimum Gasteiger partial charge on any atom is -0.453 e. The molecule has 1 aromatic heterocycles. The summed E-state index contributed by atoms with van der Waals surface area (Å²) in [6.45, 7) is -0.806. The largest absolute Gasteiger partial charge is 0.453 e. The number of rotatable bonds is 14. The summed E-state index contributed by atoms with van der Waals surface area (Å²) in [5.41, 5.74) is 2.95. The average molecular weight is 754 g/mol. The Kier molecular flexibility index (Phi) is 11.4. The number of ether oxygens (including phenoxy) is 1. The topological polar surface area (TPSA) is 145 Å². The maximum absolute atomic E-state index is 14.2. The first-order valence-electron chi connectivity index (χ1n) is 17.0. The maximum atomic E-state index is 14.2. The summed E-state index contributed by atoms with van der Waals surface area (Å²) in [6, 6.07) is 24.3. The molecule has 1 fully saturated rings. The molecule has 14 heteroatoms. The number of benzene rings is 3. The molecule has 2 aliphatic carbocycles. The predicted molar refractivity (Wildman–Crippen MR) is 191 cm³/mol. The van der Waals surface area contributed by atoms with Gasteiger partial charge in [-0.2, -0.15) is 4.31 Å². The zero-order valence-electron chi connectivity index (χ0n) is 28.5. The predicted octanol–water partition coefficient (Wildman–Crippen LogP) is 5.67. The fraction of sp³-hybridized carbons (Fsp3) is 0.368. The van der Waals surface area contributed by atoms with E-state index in [0.29, 0.717) is 33.7 Å². The summed E-state index contributed by atoms with van der Waals surface area (Å²) < 4.78 is 62.1. The number of alkyl halides is 2. The second kappa shape index (κ2) is 15.8. The molecule has 4 N–H and O–H groups in total. The molecule has 3 aromatic carbocycles. The minimum atomic E-state index is -4.28. The Morgan fingerprint density at radius 3 is 2.25 bits per heavy atom. The molecule has 1 heterocycles. The summed E-state index contributed by atoms with van der Waals surface area (Å²) in [4.78, 5) is 27.4. The highest BCUT2D eigenvalue weighted by Crippen LogP contribution is 2.45. The number of alkyl carbamates (subject to hydrolysis) is 1. The Balaban J connectivity index is 1.24. The van der Waals surface area contributed by atoms with E-state index >= 15 is 0 Å². The number of thiophene rings is 1. The van der Waals surface area contributed by atoms with Crippen LogP contribution in [0.3, 0.4) is 0 Å². The van der Waals surface area contributed by atoms with E-state index in [1.54, 1.807) is 18.2 Å². The van der Waals surface area contributed by atoms with Crippen LogP contribution in [0, 0.1) is 5.92 Å². The van der Waals surface area contributed by atoms with Crippen LogP contribution in [0.25, 0.3) is 0 Å². The van der Waals surface area contributed by atoms with Gasteiger partial charge >= 0.3 is 6.09 Å². The highest BCUT2D eigenvalue weighted by atomic mass is 32.2. The normalized spacial score (nSPS) is 18.0. The lowest BCUT2D eigenvalue weighted by molar-refractivity contribution is -0.123. The number of methoxy groups -OCH3 is 1. The average Bonchev–Trinajstić information content (AvgIpc) is 3.76. The van der Waals surface area contributed by atoms with E-state index in [0.717, 1.165) is 15.4 Å². The Labute approximate surface area is 305 Å². The van der Waals surface area contributed by atoms with Crippen molar-refractivity contribution in [1.29, 1.82) is 0 Å². The standard InChI is InChI=1S/C38H41F2N3O7S2/c1-50-37(47)42-35(34(25-8-4-2-5-9-25)26-10-6-3-7-11-26)36(46)41-21-28-13-17-33(51-28)31(23-44)43(22-24-19-38(39,40)20-24)52(48,49)29-14-15-30-27(18-29)12-16-32(30)45/h2-11,13-15,17-18,24,31-32,34-35,44-45H,12,16,19-23H2,1H3,(H,41,46)(H,42,47). The summed E-state index contributed by atoms with van der Waals surface area (Å²) in [5.74, 6) is -4.53. The lowest BCUT2D eigenvalue weighted by atomic mass is 9.81. The third kappa shape index (κ3) is 8.21. The highest BCUT2D eigenvalue weighted by molar-refractivity contribution is 7.89. The Morgan fingerprint density at radius 2 is 1.65 bits per heavy atom. The van der Waals surface area contributed by atoms with Gasteiger partial charge in [-0.05, 0) is 65.3 Å². The van der Waals surface area contributed by atoms with E-state index in [-0.39, 0.29) is 18.0 Å². The number of nitrogens with one attached hydrogen (secondary N) is 2. The zero-order valence-corrected chi connectivity index (χ0v) is 30.1. The van der Waals surface area contributed by atoms with E-state index < -0.39 is 77.4 Å². The van der Waals surface area contributed by atoms with Gasteiger partial charge in [0.2, 0.25) is 21.9 Å². The highest BCUT2D eigenvalue weighted by Gasteiger charge is 2.48. The van der Waals surface area contributed by atoms with Gasteiger partial charge < -0.3 is 25.6 Å². The van der Waals surface area contributed by atoms with E-state index in [1.165, 1.54) is 30.6 Å². The zero-order chi connectivity index (χ0) is 37.0. The van der Waals surface area contributed by atoms with Crippen molar-refractivity contribution in [3.8, 4) is 0 Å². The summed E-state index contributed by atoms with van der Waals surface area (Å²) in [5, 5.41) is 26.5. The van der Waals surface area contributed by atoms with Crippen LogP contribution >= 0.6 is 11.3 Å². The molecule has 3 atom stereocenters. The molecule has 1 saturated carbocycles. The van der Waals surface area contributed by atoms with E-state index in [2.05, 4.69) is 10.6 Å². The van der Waals surface area contributed by atoms with Gasteiger partial charge in [0.15, 0.2) is 0 Å². The van der Waals surface area contributed by atoms with Gasteiger partial charge in [0.1, 0.15) is 6.04 Å². The quantitative estimate of drug-likeness (QED) is 0.130. The number of aliphatic hydroxyl groups excluding tert-OH is 2. The van der Waals surface area contributed by atoms with Crippen LogP contribution in [0.5, 0.6) is 0 Å². The maximum Gasteiger partial charge on any atom is 0.407 e. The fourth-order valence-corrected chi connectivity index (χ4v) is 9.94. The molecule has 6 rings (SSSR count). The van der Waals surface area contributed by atoms with Crippen LogP contribution < -0.4 is 10.6 Å². The molecule has 276 valence electrons.